The number of ether oxygens (including phenoxy) is 2. The molecule has 11 nitrogen and oxygen atoms in total. The van der Waals surface area contributed by atoms with E-state index in [0.29, 0.717) is 78.5 Å². The van der Waals surface area contributed by atoms with Crippen molar-refractivity contribution >= 4 is 23.4 Å². The zero-order valence-corrected chi connectivity index (χ0v) is 33.9. The molecule has 2 fully saturated rings. The van der Waals surface area contributed by atoms with Crippen molar-refractivity contribution in [3.8, 4) is 23.3 Å². The number of nitrogens with one attached hydrogen (secondary N) is 1. The fourth-order valence-electron chi connectivity index (χ4n) is 11.2. The van der Waals surface area contributed by atoms with Gasteiger partial charge in [-0.2, -0.15) is 0 Å². The summed E-state index contributed by atoms with van der Waals surface area (Å²) in [5.74, 6) is 3.55. The van der Waals surface area contributed by atoms with E-state index < -0.39 is 47.7 Å². The molecule has 6 aliphatic rings. The average Bonchev–Trinajstić information content (AvgIpc) is 3.37. The summed E-state index contributed by atoms with van der Waals surface area (Å²) < 4.78 is 12.3. The van der Waals surface area contributed by atoms with Gasteiger partial charge in [0.15, 0.2) is 0 Å². The van der Waals surface area contributed by atoms with Crippen LogP contribution in [0.3, 0.4) is 0 Å². The lowest BCUT2D eigenvalue weighted by molar-refractivity contribution is -0.191. The quantitative estimate of drug-likeness (QED) is 0.113. The molecule has 3 aromatic carbocycles. The zero-order valence-electron chi connectivity index (χ0n) is 33.9. The number of phenols is 1. The lowest BCUT2D eigenvalue weighted by atomic mass is 9.56. The van der Waals surface area contributed by atoms with Crippen molar-refractivity contribution in [2.24, 2.45) is 17.8 Å². The number of benzene rings is 3. The Morgan fingerprint density at radius 1 is 0.900 bits per heavy atom. The van der Waals surface area contributed by atoms with Crippen LogP contribution in [0.1, 0.15) is 109 Å². The van der Waals surface area contributed by atoms with Crippen molar-refractivity contribution < 1.29 is 49.4 Å². The highest BCUT2D eigenvalue weighted by molar-refractivity contribution is 5.90. The summed E-state index contributed by atoms with van der Waals surface area (Å²) >= 11 is 0. The van der Waals surface area contributed by atoms with E-state index in [9.17, 15) is 35.1 Å². The standard InChI is InChI=1S/C49H53NO10/c1-26(52)24-50-35-15-28(25-51)14-32(17-35)30-6-7-31-22-47(56)59-45-23-43(54)34(19-38(31)45)21-46-49(58)12-2-3-36-39(42(53)11-10-41(36)49)16-27-4-5-29-8-9-37(40(18-30)48(57)60-46)44(55)20-33(29)13-27/h4-5,13-15,17,19,23,26,30-31,36,39,41,44,46,50-52,54-55,58H,2-3,8-12,16,18,20-22,24-25H2,1H3/b40-37-/t26-,30-,31+,36-,39+,41-,44+,46+,49-/m0/s1. The van der Waals surface area contributed by atoms with E-state index in [-0.39, 0.29) is 79.4 Å². The molecule has 0 spiro atoms. The van der Waals surface area contributed by atoms with Crippen LogP contribution in [0.15, 0.2) is 59.7 Å². The van der Waals surface area contributed by atoms with Gasteiger partial charge >= 0.3 is 11.9 Å². The van der Waals surface area contributed by atoms with Crippen LogP contribution >= 0.6 is 0 Å². The molecule has 9 atom stereocenters. The lowest BCUT2D eigenvalue weighted by Crippen LogP contribution is -2.59. The van der Waals surface area contributed by atoms with Gasteiger partial charge in [-0.15, -0.1) is 0 Å². The molecular weight excluding hydrogens is 763 g/mol. The summed E-state index contributed by atoms with van der Waals surface area (Å²) in [6.45, 7) is 1.63. The SMILES string of the molecule is C[C@H](O)CNc1cc(CO)cc([C@H]2C#C[C@@H]3CC(=O)Oc4cc(O)c(cc43)C[C@H]3OC(=O)/C(=C4/CCc5ccc(cc5C[C@H]4O)C[C@H]4C(=O)CC[C@H]5[C@H]4CCC[C@@]35O)C2)c1. The van der Waals surface area contributed by atoms with Crippen LogP contribution in [0.2, 0.25) is 0 Å². The number of carbonyl (C=O) groups excluding carboxylic acids is 3. The molecule has 3 aromatic rings. The maximum absolute atomic E-state index is 15.3. The summed E-state index contributed by atoms with van der Waals surface area (Å²) in [4.78, 5) is 42.1. The van der Waals surface area contributed by atoms with Crippen LogP contribution in [0.5, 0.6) is 11.5 Å². The van der Waals surface area contributed by atoms with Crippen LogP contribution in [-0.4, -0.2) is 73.7 Å². The number of phenolic OH excluding ortho intramolecular Hbond substituents is 1. The minimum absolute atomic E-state index is 0.00514. The number of aryl methyl sites for hydroxylation is 1. The average molecular weight is 816 g/mol. The maximum Gasteiger partial charge on any atom is 0.334 e. The topological polar surface area (TPSA) is 183 Å². The number of ketones is 1. The minimum Gasteiger partial charge on any atom is -0.508 e. The van der Waals surface area contributed by atoms with Crippen LogP contribution in [0, 0.1) is 29.6 Å². The van der Waals surface area contributed by atoms with Gasteiger partial charge in [0.1, 0.15) is 29.0 Å². The number of hydrogen-bond acceptors (Lipinski definition) is 11. The van der Waals surface area contributed by atoms with Crippen molar-refractivity contribution in [2.45, 2.75) is 126 Å². The smallest absolute Gasteiger partial charge is 0.334 e. The molecule has 0 amide bonds. The zero-order chi connectivity index (χ0) is 41.9. The first-order chi connectivity index (χ1) is 28.9. The summed E-state index contributed by atoms with van der Waals surface area (Å²) in [5, 5.41) is 60.6. The van der Waals surface area contributed by atoms with Gasteiger partial charge < -0.3 is 40.3 Å². The molecule has 314 valence electrons. The number of fused-ring (bicyclic) bond motifs is 8. The molecule has 3 aliphatic carbocycles. The maximum atomic E-state index is 15.3. The third-order valence-corrected chi connectivity index (χ3v) is 14.2. The Labute approximate surface area is 349 Å². The molecule has 0 unspecified atom stereocenters. The lowest BCUT2D eigenvalue weighted by Gasteiger charge is -2.52. The minimum atomic E-state index is -1.56. The number of rotatable bonds is 5. The Morgan fingerprint density at radius 3 is 2.55 bits per heavy atom. The van der Waals surface area contributed by atoms with Gasteiger partial charge in [0.05, 0.1) is 31.2 Å². The third-order valence-electron chi connectivity index (χ3n) is 14.2. The first-order valence-corrected chi connectivity index (χ1v) is 21.6. The second-order valence-corrected chi connectivity index (χ2v) is 18.0. The van der Waals surface area contributed by atoms with Gasteiger partial charge in [0.2, 0.25) is 0 Å². The molecule has 0 saturated heterocycles. The van der Waals surface area contributed by atoms with Crippen molar-refractivity contribution in [2.75, 3.05) is 11.9 Å². The van der Waals surface area contributed by atoms with E-state index >= 15 is 4.79 Å². The Hall–Kier alpha value is -4.99. The Morgan fingerprint density at radius 2 is 1.73 bits per heavy atom. The van der Waals surface area contributed by atoms with Gasteiger partial charge in [-0.05, 0) is 121 Å². The van der Waals surface area contributed by atoms with Crippen molar-refractivity contribution in [3.63, 3.8) is 0 Å². The summed E-state index contributed by atoms with van der Waals surface area (Å²) in [5.41, 5.74) is 5.13. The number of esters is 2. The molecule has 11 heteroatoms. The van der Waals surface area contributed by atoms with Gasteiger partial charge in [-0.25, -0.2) is 4.79 Å². The van der Waals surface area contributed by atoms with E-state index in [4.69, 9.17) is 9.47 Å². The number of aliphatic hydroxyl groups excluding tert-OH is 3. The fourth-order valence-corrected chi connectivity index (χ4v) is 11.2. The predicted molar refractivity (Wildman–Crippen MR) is 221 cm³/mol. The number of hydrogen-bond donors (Lipinski definition) is 6. The molecule has 11 bridgehead atoms. The van der Waals surface area contributed by atoms with Gasteiger partial charge in [-0.1, -0.05) is 42.5 Å². The Bertz CT molecular complexity index is 2340. The summed E-state index contributed by atoms with van der Waals surface area (Å²) in [6, 6.07) is 14.9. The Balaban J connectivity index is 1.27. The van der Waals surface area contributed by atoms with Crippen molar-refractivity contribution in [1.29, 1.82) is 0 Å². The van der Waals surface area contributed by atoms with Crippen LogP contribution in [-0.2, 0) is 51.4 Å². The van der Waals surface area contributed by atoms with E-state index in [0.717, 1.165) is 23.1 Å². The first kappa shape index (κ1) is 40.4. The normalized spacial score (nSPS) is 31.5. The van der Waals surface area contributed by atoms with Crippen molar-refractivity contribution in [3.05, 3.63) is 98.6 Å². The molecule has 60 heavy (non-hydrogen) atoms. The van der Waals surface area contributed by atoms with Gasteiger partial charge in [-0.3, -0.25) is 9.59 Å². The molecule has 6 N–H and O–H groups in total. The van der Waals surface area contributed by atoms with E-state index in [2.05, 4.69) is 35.4 Å². The molecular formula is C49H53NO10. The number of aliphatic hydroxyl groups is 4. The molecule has 3 heterocycles. The number of aromatic hydroxyl groups is 1. The Kier molecular flexibility index (Phi) is 10.9. The van der Waals surface area contributed by atoms with E-state index in [1.807, 2.05) is 12.1 Å². The molecule has 3 aliphatic heterocycles. The number of anilines is 1. The van der Waals surface area contributed by atoms with Crippen molar-refractivity contribution in [1.82, 2.24) is 0 Å². The number of carbonyl (C=O) groups is 3. The highest BCUT2D eigenvalue weighted by Crippen LogP contribution is 2.52. The van der Waals surface area contributed by atoms with E-state index in [1.54, 1.807) is 19.1 Å². The predicted octanol–water partition coefficient (Wildman–Crippen LogP) is 5.24. The van der Waals surface area contributed by atoms with Crippen LogP contribution in [0.25, 0.3) is 0 Å². The third kappa shape index (κ3) is 7.64. The largest absolute Gasteiger partial charge is 0.508 e. The monoisotopic (exact) mass is 815 g/mol. The second-order valence-electron chi connectivity index (χ2n) is 18.0. The number of Topliss-reactive ketones (excluding diaryl/α,β-unsaturated/α-hetero) is 1. The molecule has 9 rings (SSSR count). The molecule has 0 radical (unpaired) electrons. The molecule has 2 saturated carbocycles. The highest BCUT2D eigenvalue weighted by atomic mass is 16.6. The summed E-state index contributed by atoms with van der Waals surface area (Å²) in [6.07, 6.45) is 1.16. The van der Waals surface area contributed by atoms with Gasteiger partial charge in [0, 0.05) is 60.5 Å². The summed E-state index contributed by atoms with van der Waals surface area (Å²) in [7, 11) is 0. The van der Waals surface area contributed by atoms with Crippen LogP contribution < -0.4 is 10.1 Å². The first-order valence-electron chi connectivity index (χ1n) is 21.6. The highest BCUT2D eigenvalue weighted by Gasteiger charge is 2.55. The van der Waals surface area contributed by atoms with Crippen LogP contribution in [0.4, 0.5) is 5.69 Å². The fraction of sp³-hybridized carbons (Fsp3) is 0.490. The second kappa shape index (κ2) is 16.1. The molecule has 0 aromatic heterocycles. The van der Waals surface area contributed by atoms with E-state index in [1.165, 1.54) is 6.07 Å². The van der Waals surface area contributed by atoms with Gasteiger partial charge in [0.25, 0.3) is 0 Å².